The molecule has 0 aliphatic carbocycles. The van der Waals surface area contributed by atoms with Crippen molar-refractivity contribution in [2.24, 2.45) is 5.10 Å². The average Bonchev–Trinajstić information content (AvgIpc) is 2.92. The van der Waals surface area contributed by atoms with Gasteiger partial charge in [-0.3, -0.25) is 4.79 Å². The lowest BCUT2D eigenvalue weighted by molar-refractivity contribution is -0.137. The summed E-state index contributed by atoms with van der Waals surface area (Å²) in [6.45, 7) is 0.288. The van der Waals surface area contributed by atoms with Crippen molar-refractivity contribution in [1.82, 2.24) is 9.66 Å². The van der Waals surface area contributed by atoms with Crippen LogP contribution in [0.15, 0.2) is 107 Å². The van der Waals surface area contributed by atoms with Crippen LogP contribution in [0.5, 0.6) is 5.75 Å². The van der Waals surface area contributed by atoms with Crippen LogP contribution >= 0.6 is 11.6 Å². The highest BCUT2D eigenvalue weighted by atomic mass is 35.5. The predicted octanol–water partition coefficient (Wildman–Crippen LogP) is 7.20. The Morgan fingerprint density at radius 2 is 1.68 bits per heavy atom. The van der Waals surface area contributed by atoms with E-state index in [1.165, 1.54) is 18.3 Å². The second-order valence-electron chi connectivity index (χ2n) is 8.35. The molecule has 5 rings (SSSR count). The third kappa shape index (κ3) is 5.45. The third-order valence-electron chi connectivity index (χ3n) is 5.72. The topological polar surface area (TPSA) is 56.5 Å². The van der Waals surface area contributed by atoms with E-state index in [1.54, 1.807) is 42.5 Å². The maximum atomic E-state index is 13.4. The molecule has 4 aromatic carbocycles. The highest BCUT2D eigenvalue weighted by Gasteiger charge is 2.31. The van der Waals surface area contributed by atoms with Gasteiger partial charge in [0.2, 0.25) is 0 Å². The van der Waals surface area contributed by atoms with Crippen LogP contribution in [-0.4, -0.2) is 15.9 Å². The fourth-order valence-corrected chi connectivity index (χ4v) is 4.04. The molecular weight excluding hydrogens is 515 g/mol. The van der Waals surface area contributed by atoms with Crippen molar-refractivity contribution in [2.75, 3.05) is 0 Å². The molecule has 0 spiro atoms. The Bertz CT molecular complexity index is 1700. The molecule has 1 heterocycles. The number of hydrogen-bond donors (Lipinski definition) is 0. The Morgan fingerprint density at radius 3 is 2.47 bits per heavy atom. The first-order valence-electron chi connectivity index (χ1n) is 11.5. The summed E-state index contributed by atoms with van der Waals surface area (Å²) in [5.41, 5.74) is 0.459. The number of ether oxygens (including phenoxy) is 1. The molecule has 0 fully saturated rings. The van der Waals surface area contributed by atoms with Crippen molar-refractivity contribution in [3.8, 4) is 17.1 Å². The molecule has 5 nitrogen and oxygen atoms in total. The van der Waals surface area contributed by atoms with Crippen LogP contribution in [0.4, 0.5) is 13.2 Å². The van der Waals surface area contributed by atoms with Crippen molar-refractivity contribution in [3.63, 3.8) is 0 Å². The van der Waals surface area contributed by atoms with Gasteiger partial charge in [-0.05, 0) is 48.0 Å². The minimum Gasteiger partial charge on any atom is -0.488 e. The Labute approximate surface area is 220 Å². The minimum absolute atomic E-state index is 0.0372. The van der Waals surface area contributed by atoms with Gasteiger partial charge < -0.3 is 4.74 Å². The second kappa shape index (κ2) is 10.5. The summed E-state index contributed by atoms with van der Waals surface area (Å²) in [6.07, 6.45) is -3.19. The lowest BCUT2D eigenvalue weighted by atomic mass is 10.1. The first-order chi connectivity index (χ1) is 18.3. The molecule has 190 valence electrons. The Hall–Kier alpha value is -4.43. The van der Waals surface area contributed by atoms with Crippen LogP contribution in [0, 0.1) is 0 Å². The van der Waals surface area contributed by atoms with Crippen LogP contribution in [0.25, 0.3) is 22.3 Å². The average molecular weight is 534 g/mol. The van der Waals surface area contributed by atoms with E-state index in [-0.39, 0.29) is 23.4 Å². The second-order valence-corrected chi connectivity index (χ2v) is 8.79. The number of benzene rings is 4. The van der Waals surface area contributed by atoms with Crippen LogP contribution in [0.1, 0.15) is 16.7 Å². The van der Waals surface area contributed by atoms with Crippen molar-refractivity contribution in [3.05, 3.63) is 129 Å². The molecule has 0 aliphatic heterocycles. The van der Waals surface area contributed by atoms with Gasteiger partial charge in [0.05, 0.1) is 22.7 Å². The number of rotatable bonds is 6. The molecular formula is C29H19ClF3N3O2. The van der Waals surface area contributed by atoms with E-state index in [2.05, 4.69) is 10.1 Å². The standard InChI is InChI=1S/C29H19ClF3N3O2/c30-23-13-14-26(38-18-19-7-2-1-3-8-19)21(16-23)17-34-36-27(20-9-6-10-22(15-20)29(31,32)33)35-25-12-5-4-11-24(25)28(36)37/h1-17H,18H2. The Balaban J connectivity index is 1.61. The zero-order chi connectivity index (χ0) is 26.7. The monoisotopic (exact) mass is 533 g/mol. The summed E-state index contributed by atoms with van der Waals surface area (Å²) in [5.74, 6) is 0.425. The predicted molar refractivity (Wildman–Crippen MR) is 142 cm³/mol. The summed E-state index contributed by atoms with van der Waals surface area (Å²) >= 11 is 6.21. The smallest absolute Gasteiger partial charge is 0.416 e. The summed E-state index contributed by atoms with van der Waals surface area (Å²) in [4.78, 5) is 17.9. The number of fused-ring (bicyclic) bond motifs is 1. The number of hydrogen-bond acceptors (Lipinski definition) is 4. The van der Waals surface area contributed by atoms with Gasteiger partial charge in [0, 0.05) is 16.1 Å². The van der Waals surface area contributed by atoms with Crippen molar-refractivity contribution < 1.29 is 17.9 Å². The van der Waals surface area contributed by atoms with E-state index in [4.69, 9.17) is 16.3 Å². The van der Waals surface area contributed by atoms with Gasteiger partial charge in [0.15, 0.2) is 5.82 Å². The molecule has 0 aliphatic rings. The van der Waals surface area contributed by atoms with Crippen LogP contribution in [0.3, 0.4) is 0 Å². The molecule has 0 atom stereocenters. The highest BCUT2D eigenvalue weighted by Crippen LogP contribution is 2.32. The summed E-state index contributed by atoms with van der Waals surface area (Å²) in [7, 11) is 0. The number of nitrogens with zero attached hydrogens (tertiary/aromatic N) is 3. The lowest BCUT2D eigenvalue weighted by Gasteiger charge is -2.13. The summed E-state index contributed by atoms with van der Waals surface area (Å²) < 4.78 is 47.2. The first-order valence-corrected chi connectivity index (χ1v) is 11.9. The zero-order valence-electron chi connectivity index (χ0n) is 19.7. The van der Waals surface area contributed by atoms with E-state index < -0.39 is 17.3 Å². The molecule has 9 heteroatoms. The SMILES string of the molecule is O=c1c2ccccc2nc(-c2cccc(C(F)(F)F)c2)n1N=Cc1cc(Cl)ccc1OCc1ccccc1. The number of halogens is 4. The Kier molecular flexibility index (Phi) is 6.98. The van der Waals surface area contributed by atoms with E-state index >= 15 is 0 Å². The summed E-state index contributed by atoms with van der Waals surface area (Å²) in [6, 6.07) is 25.7. The number of para-hydroxylation sites is 1. The quantitative estimate of drug-likeness (QED) is 0.217. The van der Waals surface area contributed by atoms with Gasteiger partial charge in [0.25, 0.3) is 5.56 Å². The van der Waals surface area contributed by atoms with E-state index in [0.717, 1.165) is 22.4 Å². The van der Waals surface area contributed by atoms with E-state index in [1.807, 2.05) is 30.3 Å². The van der Waals surface area contributed by atoms with Gasteiger partial charge in [-0.25, -0.2) is 4.98 Å². The van der Waals surface area contributed by atoms with Crippen molar-refractivity contribution in [2.45, 2.75) is 12.8 Å². The van der Waals surface area contributed by atoms with Crippen molar-refractivity contribution in [1.29, 1.82) is 0 Å². The normalized spacial score (nSPS) is 11.8. The van der Waals surface area contributed by atoms with E-state index in [0.29, 0.717) is 21.9 Å². The maximum Gasteiger partial charge on any atom is 0.416 e. The number of aromatic nitrogens is 2. The maximum absolute atomic E-state index is 13.4. The van der Waals surface area contributed by atoms with Crippen LogP contribution in [0.2, 0.25) is 5.02 Å². The molecule has 0 radical (unpaired) electrons. The zero-order valence-corrected chi connectivity index (χ0v) is 20.4. The van der Waals surface area contributed by atoms with Gasteiger partial charge in [-0.1, -0.05) is 66.2 Å². The Morgan fingerprint density at radius 1 is 0.921 bits per heavy atom. The van der Waals surface area contributed by atoms with Crippen molar-refractivity contribution >= 4 is 28.7 Å². The minimum atomic E-state index is -4.56. The highest BCUT2D eigenvalue weighted by molar-refractivity contribution is 6.30. The molecule has 1 aromatic heterocycles. The van der Waals surface area contributed by atoms with Gasteiger partial charge in [0.1, 0.15) is 12.4 Å². The van der Waals surface area contributed by atoms with Crippen LogP contribution in [-0.2, 0) is 12.8 Å². The molecule has 0 amide bonds. The third-order valence-corrected chi connectivity index (χ3v) is 5.96. The number of alkyl halides is 3. The fourth-order valence-electron chi connectivity index (χ4n) is 3.86. The fraction of sp³-hybridized carbons (Fsp3) is 0.0690. The first kappa shape index (κ1) is 25.2. The van der Waals surface area contributed by atoms with E-state index in [9.17, 15) is 18.0 Å². The summed E-state index contributed by atoms with van der Waals surface area (Å²) in [5, 5.41) is 5.04. The van der Waals surface area contributed by atoms with Gasteiger partial charge in [-0.15, -0.1) is 0 Å². The molecule has 0 unspecified atom stereocenters. The van der Waals surface area contributed by atoms with Crippen LogP contribution < -0.4 is 10.3 Å². The molecule has 0 saturated carbocycles. The molecule has 38 heavy (non-hydrogen) atoms. The molecule has 5 aromatic rings. The molecule has 0 bridgehead atoms. The van der Waals surface area contributed by atoms with Gasteiger partial charge in [-0.2, -0.15) is 22.9 Å². The largest absolute Gasteiger partial charge is 0.488 e. The molecule has 0 N–H and O–H groups in total. The lowest BCUT2D eigenvalue weighted by Crippen LogP contribution is -2.20. The molecule has 0 saturated heterocycles. The van der Waals surface area contributed by atoms with Gasteiger partial charge >= 0.3 is 6.18 Å².